The van der Waals surface area contributed by atoms with E-state index in [1.165, 1.54) is 0 Å². The van der Waals surface area contributed by atoms with Gasteiger partial charge in [0.2, 0.25) is 5.91 Å². The molecule has 2 aromatic carbocycles. The molecule has 0 aliphatic heterocycles. The Labute approximate surface area is 260 Å². The minimum Gasteiger partial charge on any atom is -0.456 e. The van der Waals surface area contributed by atoms with Gasteiger partial charge in [0.25, 0.3) is 0 Å². The number of hydrogen-bond acceptors (Lipinski definition) is 5. The predicted molar refractivity (Wildman–Crippen MR) is 174 cm³/mol. The van der Waals surface area contributed by atoms with E-state index in [4.69, 9.17) is 9.72 Å². The minimum absolute atomic E-state index is 0.176. The number of aliphatic imine (C=N–C) groups is 1. The second-order valence-electron chi connectivity index (χ2n) is 12.9. The number of benzene rings is 2. The number of carbonyl (C=O) groups is 3. The lowest BCUT2D eigenvalue weighted by Crippen LogP contribution is -2.28. The fraction of sp³-hybridized carbons (Fsp3) is 0.432. The molecule has 2 aliphatic carbocycles. The highest BCUT2D eigenvalue weighted by molar-refractivity contribution is 6.07. The molecule has 0 unspecified atom stereocenters. The number of esters is 1. The van der Waals surface area contributed by atoms with Crippen LogP contribution in [0.2, 0.25) is 0 Å². The standard InChI is InChI=1S/C37H43N3O4/c1-5-6-15-34-39-32-21-20-28(38-35(42)30-13-8-7-11-27(30)24-41)22-33(32)40(34)23-25-16-18-26(19-17-25)29-12-9-10-14-31(29)36(43)44-37(2,3)4/h9-10,12,14,16-21,24,27,30H,5-8,11,13,15,22-23H2,1-4H3/t27-,30-/m1/s1. The van der Waals surface area contributed by atoms with Crippen molar-refractivity contribution in [1.29, 1.82) is 0 Å². The van der Waals surface area contributed by atoms with Crippen molar-refractivity contribution in [3.63, 3.8) is 0 Å². The Kier molecular flexibility index (Phi) is 9.72. The highest BCUT2D eigenvalue weighted by Gasteiger charge is 2.31. The van der Waals surface area contributed by atoms with Gasteiger partial charge in [-0.25, -0.2) is 14.8 Å². The smallest absolute Gasteiger partial charge is 0.339 e. The van der Waals surface area contributed by atoms with Crippen LogP contribution in [0.25, 0.3) is 17.2 Å². The quantitative estimate of drug-likeness (QED) is 0.190. The molecule has 2 aliphatic rings. The van der Waals surface area contributed by atoms with Crippen molar-refractivity contribution < 1.29 is 19.1 Å². The molecule has 1 amide bonds. The van der Waals surface area contributed by atoms with E-state index in [0.717, 1.165) is 90.8 Å². The summed E-state index contributed by atoms with van der Waals surface area (Å²) in [6, 6.07) is 15.8. The molecular formula is C37H43N3O4. The van der Waals surface area contributed by atoms with Crippen LogP contribution in [-0.4, -0.2) is 39.0 Å². The summed E-state index contributed by atoms with van der Waals surface area (Å²) >= 11 is 0. The number of allylic oxidation sites excluding steroid dienone is 1. The molecule has 1 aromatic heterocycles. The van der Waals surface area contributed by atoms with E-state index in [1.54, 1.807) is 6.07 Å². The summed E-state index contributed by atoms with van der Waals surface area (Å²) in [6.07, 6.45) is 11.7. The largest absolute Gasteiger partial charge is 0.456 e. The summed E-state index contributed by atoms with van der Waals surface area (Å²) < 4.78 is 7.93. The van der Waals surface area contributed by atoms with Gasteiger partial charge in [0.15, 0.2) is 0 Å². The Balaban J connectivity index is 1.39. The predicted octanol–water partition coefficient (Wildman–Crippen LogP) is 7.44. The van der Waals surface area contributed by atoms with Crippen LogP contribution in [-0.2, 0) is 33.7 Å². The van der Waals surface area contributed by atoms with Crippen molar-refractivity contribution in [3.05, 3.63) is 82.9 Å². The second kappa shape index (κ2) is 13.7. The number of fused-ring (bicyclic) bond motifs is 1. The van der Waals surface area contributed by atoms with Crippen LogP contribution in [0.15, 0.2) is 59.6 Å². The molecule has 7 heteroatoms. The monoisotopic (exact) mass is 593 g/mol. The number of imidazole rings is 1. The molecule has 1 saturated carbocycles. The third-order valence-electron chi connectivity index (χ3n) is 8.44. The lowest BCUT2D eigenvalue weighted by atomic mass is 9.79. The first-order chi connectivity index (χ1) is 21.2. The second-order valence-corrected chi connectivity index (χ2v) is 12.9. The van der Waals surface area contributed by atoms with Crippen LogP contribution in [0.5, 0.6) is 0 Å². The highest BCUT2D eigenvalue weighted by Crippen LogP contribution is 2.31. The molecule has 44 heavy (non-hydrogen) atoms. The molecule has 0 radical (unpaired) electrons. The summed E-state index contributed by atoms with van der Waals surface area (Å²) in [7, 11) is 0. The maximum Gasteiger partial charge on any atom is 0.339 e. The first kappa shape index (κ1) is 31.3. The fourth-order valence-corrected chi connectivity index (χ4v) is 6.14. The number of carbonyl (C=O) groups excluding carboxylic acids is 3. The molecule has 3 aromatic rings. The van der Waals surface area contributed by atoms with Crippen LogP contribution >= 0.6 is 0 Å². The van der Waals surface area contributed by atoms with Crippen LogP contribution < -0.4 is 0 Å². The van der Waals surface area contributed by atoms with Crippen molar-refractivity contribution >= 4 is 30.0 Å². The Bertz CT molecular complexity index is 1570. The van der Waals surface area contributed by atoms with Crippen LogP contribution in [0.4, 0.5) is 0 Å². The number of hydrogen-bond donors (Lipinski definition) is 0. The van der Waals surface area contributed by atoms with E-state index in [1.807, 2.05) is 63.3 Å². The van der Waals surface area contributed by atoms with Crippen molar-refractivity contribution in [1.82, 2.24) is 9.55 Å². The third-order valence-corrected chi connectivity index (χ3v) is 8.44. The minimum atomic E-state index is -0.575. The van der Waals surface area contributed by atoms with Gasteiger partial charge >= 0.3 is 5.97 Å². The van der Waals surface area contributed by atoms with Gasteiger partial charge in [0.05, 0.1) is 22.7 Å². The van der Waals surface area contributed by atoms with E-state index >= 15 is 0 Å². The number of aldehydes is 1. The van der Waals surface area contributed by atoms with Crippen molar-refractivity contribution in [2.45, 2.75) is 91.2 Å². The maximum atomic E-state index is 13.1. The number of aromatic nitrogens is 2. The van der Waals surface area contributed by atoms with E-state index in [2.05, 4.69) is 28.6 Å². The molecule has 0 saturated heterocycles. The molecule has 7 nitrogen and oxygen atoms in total. The van der Waals surface area contributed by atoms with Gasteiger partial charge in [-0.3, -0.25) is 4.79 Å². The molecular weight excluding hydrogens is 550 g/mol. The lowest BCUT2D eigenvalue weighted by molar-refractivity contribution is -0.128. The fourth-order valence-electron chi connectivity index (χ4n) is 6.14. The Morgan fingerprint density at radius 3 is 2.52 bits per heavy atom. The van der Waals surface area contributed by atoms with Gasteiger partial charge in [-0.15, -0.1) is 0 Å². The van der Waals surface area contributed by atoms with Crippen LogP contribution in [0.3, 0.4) is 0 Å². The summed E-state index contributed by atoms with van der Waals surface area (Å²) in [5.41, 5.74) is 5.56. The average Bonchev–Trinajstić information content (AvgIpc) is 3.35. The van der Waals surface area contributed by atoms with E-state index in [0.29, 0.717) is 18.5 Å². The molecule has 0 N–H and O–H groups in total. The van der Waals surface area contributed by atoms with E-state index in [9.17, 15) is 14.4 Å². The molecule has 230 valence electrons. The first-order valence-electron chi connectivity index (χ1n) is 15.9. The van der Waals surface area contributed by atoms with Crippen molar-refractivity contribution in [2.24, 2.45) is 16.8 Å². The highest BCUT2D eigenvalue weighted by atomic mass is 16.6. The van der Waals surface area contributed by atoms with E-state index < -0.39 is 5.60 Å². The van der Waals surface area contributed by atoms with Gasteiger partial charge in [-0.05, 0) is 74.9 Å². The Morgan fingerprint density at radius 2 is 1.80 bits per heavy atom. The summed E-state index contributed by atoms with van der Waals surface area (Å²) in [6.45, 7) is 8.42. The summed E-state index contributed by atoms with van der Waals surface area (Å²) in [4.78, 5) is 47.1. The van der Waals surface area contributed by atoms with Gasteiger partial charge in [0, 0.05) is 31.2 Å². The number of unbranched alkanes of at least 4 members (excludes halogenated alkanes) is 1. The molecule has 1 heterocycles. The molecule has 1 fully saturated rings. The van der Waals surface area contributed by atoms with Gasteiger partial charge in [-0.2, -0.15) is 0 Å². The number of nitrogens with zero attached hydrogens (tertiary/aromatic N) is 3. The normalized spacial score (nSPS) is 19.0. The molecule has 2 atom stereocenters. The SMILES string of the molecule is CCCCc1nc2c(n1Cc1ccc(-c3ccccc3C(=O)OC(C)(C)C)cc1)CC(=NC(=O)[C@@H]1CCCC[C@@H]1C=O)C=C2. The zero-order valence-corrected chi connectivity index (χ0v) is 26.3. The third kappa shape index (κ3) is 7.32. The topological polar surface area (TPSA) is 90.6 Å². The van der Waals surface area contributed by atoms with Crippen molar-refractivity contribution in [3.8, 4) is 11.1 Å². The summed E-state index contributed by atoms with van der Waals surface area (Å²) in [5, 5.41) is 0. The number of ether oxygens (including phenoxy) is 1. The first-order valence-corrected chi connectivity index (χ1v) is 15.9. The lowest BCUT2D eigenvalue weighted by Gasteiger charge is -2.25. The Morgan fingerprint density at radius 1 is 1.05 bits per heavy atom. The maximum absolute atomic E-state index is 13.1. The van der Waals surface area contributed by atoms with Crippen LogP contribution in [0, 0.1) is 11.8 Å². The molecule has 0 spiro atoms. The number of aryl methyl sites for hydroxylation is 1. The van der Waals surface area contributed by atoms with Crippen molar-refractivity contribution in [2.75, 3.05) is 0 Å². The average molecular weight is 594 g/mol. The zero-order chi connectivity index (χ0) is 31.3. The van der Waals surface area contributed by atoms with E-state index in [-0.39, 0.29) is 23.7 Å². The molecule has 0 bridgehead atoms. The van der Waals surface area contributed by atoms with Gasteiger partial charge < -0.3 is 14.1 Å². The Hall–Kier alpha value is -4.13. The number of rotatable bonds is 9. The number of amides is 1. The summed E-state index contributed by atoms with van der Waals surface area (Å²) in [5.74, 6) is -0.0235. The van der Waals surface area contributed by atoms with Crippen LogP contribution in [0.1, 0.15) is 99.4 Å². The molecule has 5 rings (SSSR count). The zero-order valence-electron chi connectivity index (χ0n) is 26.3. The van der Waals surface area contributed by atoms with Gasteiger partial charge in [0.1, 0.15) is 17.7 Å². The van der Waals surface area contributed by atoms with Gasteiger partial charge in [-0.1, -0.05) is 68.7 Å².